The van der Waals surface area contributed by atoms with E-state index < -0.39 is 5.97 Å². The molecule has 21 heavy (non-hydrogen) atoms. The van der Waals surface area contributed by atoms with Crippen LogP contribution >= 0.6 is 0 Å². The maximum atomic E-state index is 12.5. The second-order valence-corrected chi connectivity index (χ2v) is 4.64. The lowest BCUT2D eigenvalue weighted by atomic mass is 9.99. The molecule has 0 aliphatic carbocycles. The third-order valence-electron chi connectivity index (χ3n) is 3.07. The van der Waals surface area contributed by atoms with E-state index in [9.17, 15) is 9.59 Å². The van der Waals surface area contributed by atoms with E-state index in [1.165, 1.54) is 24.3 Å². The molecule has 0 aromatic heterocycles. The van der Waals surface area contributed by atoms with Crippen LogP contribution in [0.4, 0.5) is 0 Å². The Morgan fingerprint density at radius 1 is 1.05 bits per heavy atom. The van der Waals surface area contributed by atoms with Gasteiger partial charge in [0.05, 0.1) is 17.7 Å². The number of carboxylic acid groups (broad SMARTS) is 1. The van der Waals surface area contributed by atoms with Crippen molar-refractivity contribution in [3.8, 4) is 5.75 Å². The lowest BCUT2D eigenvalue weighted by Gasteiger charge is -2.10. The molecule has 0 radical (unpaired) electrons. The molecule has 0 amide bonds. The first-order valence-electron chi connectivity index (χ1n) is 6.64. The second-order valence-electron chi connectivity index (χ2n) is 4.64. The Balaban J connectivity index is 2.39. The minimum Gasteiger partial charge on any atom is -0.493 e. The largest absolute Gasteiger partial charge is 0.493 e. The molecule has 0 aliphatic heterocycles. The van der Waals surface area contributed by atoms with Gasteiger partial charge in [0, 0.05) is 5.56 Å². The third kappa shape index (κ3) is 3.28. The molecule has 0 aliphatic rings. The zero-order valence-electron chi connectivity index (χ0n) is 11.9. The number of carbonyl (C=O) groups excluding carboxylic acids is 1. The van der Waals surface area contributed by atoms with Crippen LogP contribution in [0.25, 0.3) is 0 Å². The third-order valence-corrected chi connectivity index (χ3v) is 3.07. The number of rotatable bonds is 5. The number of aryl methyl sites for hydroxylation is 1. The van der Waals surface area contributed by atoms with Gasteiger partial charge in [0.25, 0.3) is 0 Å². The topological polar surface area (TPSA) is 63.6 Å². The summed E-state index contributed by atoms with van der Waals surface area (Å²) in [6.45, 7) is 4.23. The Labute approximate surface area is 123 Å². The Hall–Kier alpha value is -2.62. The van der Waals surface area contributed by atoms with Gasteiger partial charge < -0.3 is 9.84 Å². The lowest BCUT2D eigenvalue weighted by Crippen LogP contribution is -2.06. The standard InChI is InChI=1S/C17H16O4/c1-3-21-15-9-4-11(2)10-14(15)16(18)12-5-7-13(8-6-12)17(19)20/h4-10H,3H2,1-2H3,(H,19,20). The molecular formula is C17H16O4. The number of benzene rings is 2. The van der Waals surface area contributed by atoms with E-state index in [1.54, 1.807) is 12.1 Å². The van der Waals surface area contributed by atoms with Crippen molar-refractivity contribution in [1.82, 2.24) is 0 Å². The second kappa shape index (κ2) is 6.22. The van der Waals surface area contributed by atoms with Crippen LogP contribution in [-0.4, -0.2) is 23.5 Å². The summed E-state index contributed by atoms with van der Waals surface area (Å²) in [4.78, 5) is 23.4. The first-order chi connectivity index (χ1) is 10.0. The van der Waals surface area contributed by atoms with Crippen molar-refractivity contribution >= 4 is 11.8 Å². The summed E-state index contributed by atoms with van der Waals surface area (Å²) in [7, 11) is 0. The molecule has 0 bridgehead atoms. The van der Waals surface area contributed by atoms with Crippen molar-refractivity contribution in [2.75, 3.05) is 6.61 Å². The predicted octanol–water partition coefficient (Wildman–Crippen LogP) is 3.32. The number of carboxylic acids is 1. The molecule has 0 saturated carbocycles. The molecule has 0 unspecified atom stereocenters. The first kappa shape index (κ1) is 14.8. The van der Waals surface area contributed by atoms with Crippen LogP contribution in [0.5, 0.6) is 5.75 Å². The Morgan fingerprint density at radius 3 is 2.24 bits per heavy atom. The molecule has 0 atom stereocenters. The SMILES string of the molecule is CCOc1ccc(C)cc1C(=O)c1ccc(C(=O)O)cc1. The van der Waals surface area contributed by atoms with E-state index in [0.717, 1.165) is 5.56 Å². The van der Waals surface area contributed by atoms with E-state index >= 15 is 0 Å². The van der Waals surface area contributed by atoms with E-state index in [4.69, 9.17) is 9.84 Å². The zero-order chi connectivity index (χ0) is 15.4. The average molecular weight is 284 g/mol. The first-order valence-corrected chi connectivity index (χ1v) is 6.64. The van der Waals surface area contributed by atoms with E-state index in [-0.39, 0.29) is 11.3 Å². The van der Waals surface area contributed by atoms with Crippen LogP contribution < -0.4 is 4.74 Å². The fourth-order valence-corrected chi connectivity index (χ4v) is 2.02. The molecule has 108 valence electrons. The van der Waals surface area contributed by atoms with Crippen molar-refractivity contribution in [2.24, 2.45) is 0 Å². The summed E-state index contributed by atoms with van der Waals surface area (Å²) in [6.07, 6.45) is 0. The molecule has 0 fully saturated rings. The van der Waals surface area contributed by atoms with Gasteiger partial charge in [0.1, 0.15) is 5.75 Å². The molecule has 0 saturated heterocycles. The van der Waals surface area contributed by atoms with Gasteiger partial charge in [0.2, 0.25) is 0 Å². The molecular weight excluding hydrogens is 268 g/mol. The van der Waals surface area contributed by atoms with Crippen molar-refractivity contribution in [2.45, 2.75) is 13.8 Å². The molecule has 0 spiro atoms. The van der Waals surface area contributed by atoms with Crippen LogP contribution in [0.3, 0.4) is 0 Å². The van der Waals surface area contributed by atoms with Crippen LogP contribution in [-0.2, 0) is 0 Å². The smallest absolute Gasteiger partial charge is 0.335 e. The molecule has 2 rings (SSSR count). The summed E-state index contributed by atoms with van der Waals surface area (Å²) in [5, 5.41) is 8.88. The Morgan fingerprint density at radius 2 is 1.67 bits per heavy atom. The summed E-state index contributed by atoms with van der Waals surface area (Å²) in [5.74, 6) is -0.658. The van der Waals surface area contributed by atoms with Crippen LogP contribution in [0, 0.1) is 6.92 Å². The minimum atomic E-state index is -1.01. The van der Waals surface area contributed by atoms with Crippen molar-refractivity contribution < 1.29 is 19.4 Å². The van der Waals surface area contributed by atoms with Gasteiger partial charge in [0.15, 0.2) is 5.78 Å². The van der Waals surface area contributed by atoms with Crippen molar-refractivity contribution in [1.29, 1.82) is 0 Å². The van der Waals surface area contributed by atoms with Gasteiger partial charge in [-0.2, -0.15) is 0 Å². The highest BCUT2D eigenvalue weighted by atomic mass is 16.5. The predicted molar refractivity (Wildman–Crippen MR) is 79.2 cm³/mol. The van der Waals surface area contributed by atoms with Gasteiger partial charge in [-0.3, -0.25) is 4.79 Å². The highest BCUT2D eigenvalue weighted by Gasteiger charge is 2.15. The number of carbonyl (C=O) groups is 2. The van der Waals surface area contributed by atoms with Crippen molar-refractivity contribution in [3.63, 3.8) is 0 Å². The molecule has 4 nitrogen and oxygen atoms in total. The van der Waals surface area contributed by atoms with Crippen LogP contribution in [0.2, 0.25) is 0 Å². The fourth-order valence-electron chi connectivity index (χ4n) is 2.02. The van der Waals surface area contributed by atoms with E-state index in [0.29, 0.717) is 23.5 Å². The van der Waals surface area contributed by atoms with Gasteiger partial charge in [-0.05, 0) is 38.1 Å². The van der Waals surface area contributed by atoms with E-state index in [2.05, 4.69) is 0 Å². The van der Waals surface area contributed by atoms with Crippen molar-refractivity contribution in [3.05, 3.63) is 64.7 Å². The number of hydrogen-bond acceptors (Lipinski definition) is 3. The Kier molecular flexibility index (Phi) is 4.38. The minimum absolute atomic E-state index is 0.154. The monoisotopic (exact) mass is 284 g/mol. The maximum absolute atomic E-state index is 12.5. The summed E-state index contributed by atoms with van der Waals surface area (Å²) < 4.78 is 5.48. The van der Waals surface area contributed by atoms with Crippen LogP contribution in [0.15, 0.2) is 42.5 Å². The number of ketones is 1. The highest BCUT2D eigenvalue weighted by molar-refractivity contribution is 6.11. The van der Waals surface area contributed by atoms with Gasteiger partial charge >= 0.3 is 5.97 Å². The molecule has 1 N–H and O–H groups in total. The fraction of sp³-hybridized carbons (Fsp3) is 0.176. The zero-order valence-corrected chi connectivity index (χ0v) is 11.9. The number of ether oxygens (including phenoxy) is 1. The quantitative estimate of drug-likeness (QED) is 0.855. The molecule has 2 aromatic carbocycles. The van der Waals surface area contributed by atoms with E-state index in [1.807, 2.05) is 19.9 Å². The van der Waals surface area contributed by atoms with Crippen LogP contribution in [0.1, 0.15) is 38.8 Å². The van der Waals surface area contributed by atoms with Gasteiger partial charge in [-0.1, -0.05) is 23.8 Å². The molecule has 2 aromatic rings. The molecule has 0 heterocycles. The summed E-state index contributed by atoms with van der Waals surface area (Å²) in [5.41, 5.74) is 2.04. The van der Waals surface area contributed by atoms with Gasteiger partial charge in [-0.15, -0.1) is 0 Å². The summed E-state index contributed by atoms with van der Waals surface area (Å²) in [6, 6.07) is 11.3. The molecule has 4 heteroatoms. The highest BCUT2D eigenvalue weighted by Crippen LogP contribution is 2.23. The average Bonchev–Trinajstić information content (AvgIpc) is 2.48. The normalized spacial score (nSPS) is 10.2. The maximum Gasteiger partial charge on any atom is 0.335 e. The number of hydrogen-bond donors (Lipinski definition) is 1. The summed E-state index contributed by atoms with van der Waals surface area (Å²) >= 11 is 0. The lowest BCUT2D eigenvalue weighted by molar-refractivity contribution is 0.0696. The van der Waals surface area contributed by atoms with Gasteiger partial charge in [-0.25, -0.2) is 4.79 Å². The number of aromatic carboxylic acids is 1. The Bertz CT molecular complexity index is 672.